The van der Waals surface area contributed by atoms with Crippen LogP contribution >= 0.6 is 0 Å². The van der Waals surface area contributed by atoms with E-state index in [2.05, 4.69) is 10.2 Å². The van der Waals surface area contributed by atoms with Crippen LogP contribution in [0.5, 0.6) is 0 Å². The molecule has 0 radical (unpaired) electrons. The second-order valence-electron chi connectivity index (χ2n) is 5.44. The van der Waals surface area contributed by atoms with Crippen LogP contribution in [0.15, 0.2) is 30.3 Å². The lowest BCUT2D eigenvalue weighted by atomic mass is 9.86. The minimum Gasteiger partial charge on any atom is -0.480 e. The van der Waals surface area contributed by atoms with Crippen LogP contribution in [-0.4, -0.2) is 47.7 Å². The molecule has 110 valence electrons. The van der Waals surface area contributed by atoms with Gasteiger partial charge in [0.25, 0.3) is 0 Å². The summed E-state index contributed by atoms with van der Waals surface area (Å²) >= 11 is 0. The highest BCUT2D eigenvalue weighted by atomic mass is 16.4. The van der Waals surface area contributed by atoms with Crippen molar-refractivity contribution in [1.29, 1.82) is 0 Å². The van der Waals surface area contributed by atoms with Crippen molar-refractivity contribution in [2.75, 3.05) is 26.2 Å². The molecule has 1 aliphatic rings. The third-order valence-electron chi connectivity index (χ3n) is 4.27. The second kappa shape index (κ2) is 6.86. The van der Waals surface area contributed by atoms with E-state index in [9.17, 15) is 9.90 Å². The number of nitrogens with one attached hydrogen (secondary N) is 1. The van der Waals surface area contributed by atoms with Gasteiger partial charge in [-0.1, -0.05) is 37.3 Å². The molecule has 1 heterocycles. The number of aliphatic carboxylic acids is 1. The van der Waals surface area contributed by atoms with Gasteiger partial charge >= 0.3 is 5.97 Å². The fraction of sp³-hybridized carbons (Fsp3) is 0.562. The molecule has 0 amide bonds. The van der Waals surface area contributed by atoms with Gasteiger partial charge in [0.05, 0.1) is 0 Å². The minimum atomic E-state index is -0.784. The van der Waals surface area contributed by atoms with E-state index in [0.29, 0.717) is 12.8 Å². The molecule has 1 aliphatic heterocycles. The molecule has 2 N–H and O–H groups in total. The van der Waals surface area contributed by atoms with Gasteiger partial charge in [-0.15, -0.1) is 0 Å². The maximum absolute atomic E-state index is 12.0. The van der Waals surface area contributed by atoms with Gasteiger partial charge in [-0.25, -0.2) is 0 Å². The summed E-state index contributed by atoms with van der Waals surface area (Å²) in [4.78, 5) is 14.2. The summed E-state index contributed by atoms with van der Waals surface area (Å²) in [6.45, 7) is 5.47. The number of carbonyl (C=O) groups is 1. The Hall–Kier alpha value is -1.39. The summed E-state index contributed by atoms with van der Waals surface area (Å²) in [6.07, 6.45) is 2.20. The van der Waals surface area contributed by atoms with Crippen LogP contribution in [0.25, 0.3) is 0 Å². The van der Waals surface area contributed by atoms with Crippen molar-refractivity contribution in [3.05, 3.63) is 35.9 Å². The fourth-order valence-electron chi connectivity index (χ4n) is 3.03. The topological polar surface area (TPSA) is 52.6 Å². The minimum absolute atomic E-state index is 0.569. The van der Waals surface area contributed by atoms with Crippen molar-refractivity contribution in [2.24, 2.45) is 0 Å². The molecular weight excluding hydrogens is 252 g/mol. The van der Waals surface area contributed by atoms with Crippen molar-refractivity contribution in [3.63, 3.8) is 0 Å². The molecule has 0 bridgehead atoms. The summed E-state index contributed by atoms with van der Waals surface area (Å²) in [5.41, 5.74) is 0.307. The highest BCUT2D eigenvalue weighted by Crippen LogP contribution is 2.26. The van der Waals surface area contributed by atoms with Crippen molar-refractivity contribution in [2.45, 2.75) is 31.7 Å². The summed E-state index contributed by atoms with van der Waals surface area (Å²) in [5, 5.41) is 13.2. The van der Waals surface area contributed by atoms with Crippen LogP contribution in [0.1, 0.15) is 25.3 Å². The van der Waals surface area contributed by atoms with Gasteiger partial charge in [0.1, 0.15) is 5.54 Å². The van der Waals surface area contributed by atoms with Gasteiger partial charge in [0.2, 0.25) is 0 Å². The van der Waals surface area contributed by atoms with Gasteiger partial charge in [0.15, 0.2) is 0 Å². The van der Waals surface area contributed by atoms with Gasteiger partial charge in [0, 0.05) is 26.1 Å². The zero-order valence-corrected chi connectivity index (χ0v) is 12.1. The fourth-order valence-corrected chi connectivity index (χ4v) is 3.03. The average molecular weight is 276 g/mol. The van der Waals surface area contributed by atoms with E-state index in [1.165, 1.54) is 0 Å². The molecule has 2 rings (SSSR count). The molecule has 0 aliphatic carbocycles. The number of hydrogen-bond acceptors (Lipinski definition) is 3. The summed E-state index contributed by atoms with van der Waals surface area (Å²) in [5.74, 6) is -0.703. The predicted octanol–water partition coefficient (Wildman–Crippen LogP) is 1.76. The van der Waals surface area contributed by atoms with Crippen molar-refractivity contribution in [3.8, 4) is 0 Å². The van der Waals surface area contributed by atoms with E-state index in [0.717, 1.165) is 38.2 Å². The molecule has 1 atom stereocenters. The Balaban J connectivity index is 2.26. The molecule has 1 saturated heterocycles. The smallest absolute Gasteiger partial charge is 0.324 e. The predicted molar refractivity (Wildman–Crippen MR) is 79.9 cm³/mol. The third-order valence-corrected chi connectivity index (χ3v) is 4.27. The van der Waals surface area contributed by atoms with Crippen LogP contribution < -0.4 is 5.32 Å². The Kier molecular flexibility index (Phi) is 5.15. The molecule has 1 aromatic carbocycles. The van der Waals surface area contributed by atoms with E-state index in [4.69, 9.17) is 0 Å². The zero-order chi connectivity index (χ0) is 14.4. The van der Waals surface area contributed by atoms with Crippen LogP contribution in [0.3, 0.4) is 0 Å². The monoisotopic (exact) mass is 276 g/mol. The second-order valence-corrected chi connectivity index (χ2v) is 5.44. The Bertz CT molecular complexity index is 427. The summed E-state index contributed by atoms with van der Waals surface area (Å²) < 4.78 is 0. The van der Waals surface area contributed by atoms with Gasteiger partial charge in [-0.2, -0.15) is 0 Å². The van der Waals surface area contributed by atoms with Crippen LogP contribution in [0, 0.1) is 0 Å². The molecule has 0 aromatic heterocycles. The normalized spacial score (nSPS) is 20.1. The maximum Gasteiger partial charge on any atom is 0.324 e. The third kappa shape index (κ3) is 3.19. The number of carboxylic acid groups (broad SMARTS) is 1. The first-order chi connectivity index (χ1) is 9.69. The average Bonchev–Trinajstić information content (AvgIpc) is 2.75. The van der Waals surface area contributed by atoms with E-state index in [1.54, 1.807) is 0 Å². The molecule has 0 saturated carbocycles. The first kappa shape index (κ1) is 15.0. The van der Waals surface area contributed by atoms with Crippen molar-refractivity contribution >= 4 is 5.97 Å². The molecule has 4 nitrogen and oxygen atoms in total. The Morgan fingerprint density at radius 3 is 2.70 bits per heavy atom. The number of rotatable bonds is 5. The highest BCUT2D eigenvalue weighted by Gasteiger charge is 2.42. The van der Waals surface area contributed by atoms with E-state index < -0.39 is 11.5 Å². The quantitative estimate of drug-likeness (QED) is 0.860. The number of nitrogens with zero attached hydrogens (tertiary/aromatic N) is 1. The lowest BCUT2D eigenvalue weighted by molar-refractivity contribution is -0.152. The van der Waals surface area contributed by atoms with Crippen LogP contribution in [0.2, 0.25) is 0 Å². The highest BCUT2D eigenvalue weighted by molar-refractivity contribution is 5.79. The first-order valence-electron chi connectivity index (χ1n) is 7.42. The van der Waals surface area contributed by atoms with Crippen LogP contribution in [0.4, 0.5) is 0 Å². The standard InChI is InChI=1S/C16H24N2O2/c1-2-16(15(19)20,13-14-7-4-3-5-8-14)18-11-6-9-17-10-12-18/h3-5,7-8,17H,2,6,9-13H2,1H3,(H,19,20). The summed E-state index contributed by atoms with van der Waals surface area (Å²) in [7, 11) is 0. The molecule has 0 spiro atoms. The Morgan fingerprint density at radius 1 is 1.30 bits per heavy atom. The van der Waals surface area contributed by atoms with Crippen molar-refractivity contribution in [1.82, 2.24) is 10.2 Å². The molecule has 1 fully saturated rings. The zero-order valence-electron chi connectivity index (χ0n) is 12.1. The summed E-state index contributed by atoms with van der Waals surface area (Å²) in [6, 6.07) is 9.95. The Morgan fingerprint density at radius 2 is 2.05 bits per heavy atom. The van der Waals surface area contributed by atoms with E-state index >= 15 is 0 Å². The lowest BCUT2D eigenvalue weighted by Crippen LogP contribution is -2.56. The number of hydrogen-bond donors (Lipinski definition) is 2. The SMILES string of the molecule is CCC(Cc1ccccc1)(C(=O)O)N1CCCNCC1. The molecule has 20 heavy (non-hydrogen) atoms. The maximum atomic E-state index is 12.0. The first-order valence-corrected chi connectivity index (χ1v) is 7.42. The Labute approximate surface area is 120 Å². The van der Waals surface area contributed by atoms with Gasteiger partial charge in [-0.05, 0) is 24.9 Å². The molecular formula is C16H24N2O2. The van der Waals surface area contributed by atoms with E-state index in [1.807, 2.05) is 37.3 Å². The molecule has 1 aromatic rings. The largest absolute Gasteiger partial charge is 0.480 e. The van der Waals surface area contributed by atoms with Crippen molar-refractivity contribution < 1.29 is 9.90 Å². The van der Waals surface area contributed by atoms with Crippen LogP contribution in [-0.2, 0) is 11.2 Å². The van der Waals surface area contributed by atoms with Gasteiger partial charge < -0.3 is 10.4 Å². The lowest BCUT2D eigenvalue weighted by Gasteiger charge is -2.39. The van der Waals surface area contributed by atoms with Gasteiger partial charge in [-0.3, -0.25) is 9.69 Å². The number of carboxylic acids is 1. The molecule has 4 heteroatoms. The number of benzene rings is 1. The van der Waals surface area contributed by atoms with E-state index in [-0.39, 0.29) is 0 Å². The molecule has 1 unspecified atom stereocenters.